The monoisotopic (exact) mass is 169 g/mol. The first-order valence-electron chi connectivity index (χ1n) is 4.32. The van der Waals surface area contributed by atoms with E-state index in [4.69, 9.17) is 5.73 Å². The number of carbonyl (C=O) groups is 1. The Morgan fingerprint density at radius 2 is 2.00 bits per heavy atom. The first-order chi connectivity index (χ1) is 5.35. The van der Waals surface area contributed by atoms with Crippen molar-refractivity contribution in [2.75, 3.05) is 0 Å². The van der Waals surface area contributed by atoms with E-state index in [9.17, 15) is 4.79 Å². The molecule has 70 valence electrons. The lowest BCUT2D eigenvalue weighted by molar-refractivity contribution is -0.119. The minimum absolute atomic E-state index is 0.189. The molecule has 0 aliphatic rings. The molecule has 0 aromatic rings. The fourth-order valence-electron chi connectivity index (χ4n) is 0.975. The Hall–Kier alpha value is -0.630. The molecule has 0 saturated heterocycles. The van der Waals surface area contributed by atoms with Crippen LogP contribution in [0, 0.1) is 0 Å². The molecule has 0 amide bonds. The topological polar surface area (TPSA) is 43.1 Å². The number of allylic oxidation sites excluding steroid dienone is 1. The summed E-state index contributed by atoms with van der Waals surface area (Å²) in [4.78, 5) is 11.3. The van der Waals surface area contributed by atoms with Crippen LogP contribution in [-0.4, -0.2) is 11.3 Å². The van der Waals surface area contributed by atoms with E-state index in [0.717, 1.165) is 12.0 Å². The lowest BCUT2D eigenvalue weighted by atomic mass is 9.95. The number of hydrogen-bond donors (Lipinski definition) is 1. The number of hydrogen-bond acceptors (Lipinski definition) is 2. The summed E-state index contributed by atoms with van der Waals surface area (Å²) in [7, 11) is 0. The van der Waals surface area contributed by atoms with E-state index in [2.05, 4.69) is 6.58 Å². The van der Waals surface area contributed by atoms with Crippen molar-refractivity contribution in [2.45, 2.75) is 45.6 Å². The minimum Gasteiger partial charge on any atom is -0.325 e. The molecule has 0 radical (unpaired) electrons. The highest BCUT2D eigenvalue weighted by Crippen LogP contribution is 2.11. The van der Waals surface area contributed by atoms with Crippen LogP contribution in [0.3, 0.4) is 0 Å². The lowest BCUT2D eigenvalue weighted by Gasteiger charge is -2.17. The Morgan fingerprint density at radius 3 is 2.33 bits per heavy atom. The van der Waals surface area contributed by atoms with Gasteiger partial charge in [0.25, 0.3) is 0 Å². The normalized spacial score (nSPS) is 11.3. The SMILES string of the molecule is C=C(CC)CC(=O)CC(C)(C)N. The van der Waals surface area contributed by atoms with Crippen LogP contribution in [0.15, 0.2) is 12.2 Å². The number of Topliss-reactive ketones (excluding diaryl/α,β-unsaturated/α-hetero) is 1. The molecule has 2 N–H and O–H groups in total. The van der Waals surface area contributed by atoms with Crippen molar-refractivity contribution in [2.24, 2.45) is 5.73 Å². The third kappa shape index (κ3) is 6.10. The van der Waals surface area contributed by atoms with Crippen LogP contribution < -0.4 is 5.73 Å². The van der Waals surface area contributed by atoms with Gasteiger partial charge in [-0.25, -0.2) is 0 Å². The summed E-state index contributed by atoms with van der Waals surface area (Å²) in [6.45, 7) is 9.51. The molecule has 0 atom stereocenters. The van der Waals surface area contributed by atoms with Crippen molar-refractivity contribution >= 4 is 5.78 Å². The van der Waals surface area contributed by atoms with Crippen LogP contribution in [-0.2, 0) is 4.79 Å². The van der Waals surface area contributed by atoms with Crippen LogP contribution in [0.4, 0.5) is 0 Å². The Bertz CT molecular complexity index is 177. The van der Waals surface area contributed by atoms with Gasteiger partial charge >= 0.3 is 0 Å². The smallest absolute Gasteiger partial charge is 0.138 e. The zero-order chi connectivity index (χ0) is 9.78. The molecule has 0 rings (SSSR count). The fraction of sp³-hybridized carbons (Fsp3) is 0.700. The van der Waals surface area contributed by atoms with Gasteiger partial charge in [0, 0.05) is 18.4 Å². The van der Waals surface area contributed by atoms with Crippen molar-refractivity contribution in [1.29, 1.82) is 0 Å². The molecule has 2 heteroatoms. The van der Waals surface area contributed by atoms with Gasteiger partial charge in [-0.3, -0.25) is 4.79 Å². The quantitative estimate of drug-likeness (QED) is 0.640. The van der Waals surface area contributed by atoms with Gasteiger partial charge in [0.15, 0.2) is 0 Å². The molecule has 2 nitrogen and oxygen atoms in total. The van der Waals surface area contributed by atoms with Gasteiger partial charge in [-0.15, -0.1) is 0 Å². The van der Waals surface area contributed by atoms with Crippen molar-refractivity contribution in [3.05, 3.63) is 12.2 Å². The molecule has 0 unspecified atom stereocenters. The molecule has 0 aliphatic heterocycles. The summed E-state index contributed by atoms with van der Waals surface area (Å²) in [5, 5.41) is 0. The van der Waals surface area contributed by atoms with E-state index in [0.29, 0.717) is 12.8 Å². The van der Waals surface area contributed by atoms with Gasteiger partial charge in [-0.1, -0.05) is 19.1 Å². The van der Waals surface area contributed by atoms with Gasteiger partial charge in [-0.05, 0) is 20.3 Å². The van der Waals surface area contributed by atoms with E-state index < -0.39 is 0 Å². The summed E-state index contributed by atoms with van der Waals surface area (Å²) >= 11 is 0. The van der Waals surface area contributed by atoms with Crippen LogP contribution in [0.1, 0.15) is 40.0 Å². The zero-order valence-electron chi connectivity index (χ0n) is 8.31. The van der Waals surface area contributed by atoms with Crippen LogP contribution in [0.2, 0.25) is 0 Å². The van der Waals surface area contributed by atoms with Gasteiger partial charge < -0.3 is 5.73 Å². The van der Waals surface area contributed by atoms with Crippen LogP contribution in [0.5, 0.6) is 0 Å². The number of ketones is 1. The molecule has 0 bridgehead atoms. The summed E-state index contributed by atoms with van der Waals surface area (Å²) in [6.07, 6.45) is 1.79. The Morgan fingerprint density at radius 1 is 1.50 bits per heavy atom. The molecule has 12 heavy (non-hydrogen) atoms. The maximum Gasteiger partial charge on any atom is 0.138 e. The molecular formula is C10H19NO. The highest BCUT2D eigenvalue weighted by molar-refractivity contribution is 5.81. The molecule has 0 aromatic heterocycles. The number of rotatable bonds is 5. The highest BCUT2D eigenvalue weighted by atomic mass is 16.1. The predicted octanol–water partition coefficient (Wildman–Crippen LogP) is 2.04. The first-order valence-corrected chi connectivity index (χ1v) is 4.32. The highest BCUT2D eigenvalue weighted by Gasteiger charge is 2.16. The Labute approximate surface area is 74.8 Å². The maximum atomic E-state index is 11.3. The molecule has 0 spiro atoms. The van der Waals surface area contributed by atoms with Crippen molar-refractivity contribution in [3.63, 3.8) is 0 Å². The maximum absolute atomic E-state index is 11.3. The Kier molecular flexibility index (Phi) is 4.18. The standard InChI is InChI=1S/C10H19NO/c1-5-8(2)6-9(12)7-10(3,4)11/h2,5-7,11H2,1,3-4H3. The number of nitrogens with two attached hydrogens (primary N) is 1. The molecule has 0 saturated carbocycles. The molecule has 0 aromatic carbocycles. The largest absolute Gasteiger partial charge is 0.325 e. The van der Waals surface area contributed by atoms with Crippen LogP contribution in [0.25, 0.3) is 0 Å². The van der Waals surface area contributed by atoms with Crippen LogP contribution >= 0.6 is 0 Å². The molecule has 0 fully saturated rings. The summed E-state index contributed by atoms with van der Waals surface area (Å²) < 4.78 is 0. The molecule has 0 aliphatic carbocycles. The van der Waals surface area contributed by atoms with Crippen molar-refractivity contribution in [3.8, 4) is 0 Å². The lowest BCUT2D eigenvalue weighted by Crippen LogP contribution is -2.34. The van der Waals surface area contributed by atoms with Gasteiger partial charge in [0.2, 0.25) is 0 Å². The van der Waals surface area contributed by atoms with Gasteiger partial charge in [0.05, 0.1) is 0 Å². The summed E-state index contributed by atoms with van der Waals surface area (Å²) in [5.74, 6) is 0.189. The van der Waals surface area contributed by atoms with Crippen molar-refractivity contribution < 1.29 is 4.79 Å². The van der Waals surface area contributed by atoms with E-state index in [1.54, 1.807) is 0 Å². The molecule has 0 heterocycles. The summed E-state index contributed by atoms with van der Waals surface area (Å²) in [5.41, 5.74) is 6.31. The van der Waals surface area contributed by atoms with Gasteiger partial charge in [0.1, 0.15) is 5.78 Å². The van der Waals surface area contributed by atoms with E-state index in [1.807, 2.05) is 20.8 Å². The average molecular weight is 169 g/mol. The van der Waals surface area contributed by atoms with E-state index in [-0.39, 0.29) is 11.3 Å². The third-order valence-electron chi connectivity index (χ3n) is 1.60. The first kappa shape index (κ1) is 11.4. The second-order valence-corrected chi connectivity index (χ2v) is 3.98. The van der Waals surface area contributed by atoms with E-state index in [1.165, 1.54) is 0 Å². The van der Waals surface area contributed by atoms with E-state index >= 15 is 0 Å². The predicted molar refractivity (Wildman–Crippen MR) is 51.9 cm³/mol. The third-order valence-corrected chi connectivity index (χ3v) is 1.60. The fourth-order valence-corrected chi connectivity index (χ4v) is 0.975. The second-order valence-electron chi connectivity index (χ2n) is 3.98. The second kappa shape index (κ2) is 4.41. The Balaban J connectivity index is 3.83. The molecular weight excluding hydrogens is 150 g/mol. The summed E-state index contributed by atoms with van der Waals surface area (Å²) in [6, 6.07) is 0. The van der Waals surface area contributed by atoms with Gasteiger partial charge in [-0.2, -0.15) is 0 Å². The van der Waals surface area contributed by atoms with Crippen molar-refractivity contribution in [1.82, 2.24) is 0 Å². The number of carbonyl (C=O) groups excluding carboxylic acids is 1. The zero-order valence-corrected chi connectivity index (χ0v) is 8.31. The average Bonchev–Trinajstić information content (AvgIpc) is 1.82. The minimum atomic E-state index is -0.384.